The lowest BCUT2D eigenvalue weighted by Gasteiger charge is -2.18. The van der Waals surface area contributed by atoms with Crippen molar-refractivity contribution in [3.8, 4) is 5.75 Å². The normalized spacial score (nSPS) is 14.2. The van der Waals surface area contributed by atoms with E-state index in [9.17, 15) is 19.7 Å². The number of methoxy groups -OCH3 is 1. The third kappa shape index (κ3) is 4.62. The number of nitrogens with one attached hydrogen (secondary N) is 1. The van der Waals surface area contributed by atoms with Crippen molar-refractivity contribution in [3.05, 3.63) is 66.5 Å². The van der Waals surface area contributed by atoms with Crippen molar-refractivity contribution in [3.63, 3.8) is 0 Å². The van der Waals surface area contributed by atoms with Crippen molar-refractivity contribution in [1.29, 1.82) is 0 Å². The van der Waals surface area contributed by atoms with E-state index in [1.54, 1.807) is 31.4 Å². The Kier molecular flexibility index (Phi) is 7.04. The maximum absolute atomic E-state index is 13.1. The summed E-state index contributed by atoms with van der Waals surface area (Å²) in [6.45, 7) is 2.30. The maximum atomic E-state index is 13.1. The molecule has 1 fully saturated rings. The van der Waals surface area contributed by atoms with Gasteiger partial charge in [-0.1, -0.05) is 31.9 Å². The average molecular weight is 416 g/mol. The molecule has 0 saturated heterocycles. The molecule has 9 nitrogen and oxygen atoms in total. The van der Waals surface area contributed by atoms with Crippen LogP contribution in [0.5, 0.6) is 5.75 Å². The van der Waals surface area contributed by atoms with E-state index >= 15 is 0 Å². The van der Waals surface area contributed by atoms with Crippen LogP contribution in [0.25, 0.3) is 0 Å². The van der Waals surface area contributed by atoms with Crippen molar-refractivity contribution in [2.24, 2.45) is 0 Å². The fourth-order valence-corrected chi connectivity index (χ4v) is 3.97. The predicted molar refractivity (Wildman–Crippen MR) is 113 cm³/mol. The summed E-state index contributed by atoms with van der Waals surface area (Å²) in [6, 6.07) is 7.17. The Hall–Kier alpha value is -2.94. The van der Waals surface area contributed by atoms with Gasteiger partial charge in [-0.3, -0.25) is 19.5 Å². The van der Waals surface area contributed by atoms with Crippen LogP contribution in [-0.4, -0.2) is 27.2 Å². The van der Waals surface area contributed by atoms with E-state index in [1.807, 2.05) is 6.92 Å². The third-order valence-electron chi connectivity index (χ3n) is 5.55. The van der Waals surface area contributed by atoms with Crippen LogP contribution in [0.1, 0.15) is 50.3 Å². The van der Waals surface area contributed by atoms with Crippen LogP contribution in [0.15, 0.2) is 33.9 Å². The molecule has 0 bridgehead atoms. The lowest BCUT2D eigenvalue weighted by molar-refractivity contribution is -0.388. The average Bonchev–Trinajstić information content (AvgIpc) is 3.25. The Morgan fingerprint density at radius 2 is 1.83 bits per heavy atom. The van der Waals surface area contributed by atoms with Crippen LogP contribution in [0.3, 0.4) is 0 Å². The topological polar surface area (TPSA) is 108 Å². The first kappa shape index (κ1) is 21.8. The van der Waals surface area contributed by atoms with Gasteiger partial charge < -0.3 is 10.1 Å². The molecule has 3 rings (SSSR count). The van der Waals surface area contributed by atoms with E-state index in [4.69, 9.17) is 4.74 Å². The fraction of sp³-hybridized carbons (Fsp3) is 0.524. The Morgan fingerprint density at radius 3 is 2.40 bits per heavy atom. The number of benzene rings is 1. The van der Waals surface area contributed by atoms with Gasteiger partial charge in [0.2, 0.25) is 0 Å². The Morgan fingerprint density at radius 1 is 1.17 bits per heavy atom. The van der Waals surface area contributed by atoms with Crippen molar-refractivity contribution < 1.29 is 9.66 Å². The first-order valence-corrected chi connectivity index (χ1v) is 10.3. The zero-order valence-electron chi connectivity index (χ0n) is 17.4. The van der Waals surface area contributed by atoms with Crippen LogP contribution in [0.4, 0.5) is 5.69 Å². The maximum Gasteiger partial charge on any atom is 0.354 e. The van der Waals surface area contributed by atoms with Gasteiger partial charge in [-0.2, -0.15) is 0 Å². The van der Waals surface area contributed by atoms with E-state index in [1.165, 1.54) is 4.57 Å². The van der Waals surface area contributed by atoms with Gasteiger partial charge >= 0.3 is 16.9 Å². The SMILES string of the molecule is CCCn1c(CNC2CCCC2)c([N+](=O)[O-])c(=O)n(Cc2ccc(OC)cc2)c1=O. The summed E-state index contributed by atoms with van der Waals surface area (Å²) in [5.74, 6) is 0.647. The molecule has 0 atom stereocenters. The number of rotatable bonds is 9. The van der Waals surface area contributed by atoms with Crippen LogP contribution < -0.4 is 21.3 Å². The second-order valence-electron chi connectivity index (χ2n) is 7.59. The molecule has 1 aromatic carbocycles. The van der Waals surface area contributed by atoms with Gasteiger partial charge in [-0.25, -0.2) is 9.36 Å². The summed E-state index contributed by atoms with van der Waals surface area (Å²) in [5, 5.41) is 15.1. The third-order valence-corrected chi connectivity index (χ3v) is 5.55. The molecule has 0 amide bonds. The van der Waals surface area contributed by atoms with Crippen molar-refractivity contribution in [2.75, 3.05) is 7.11 Å². The number of ether oxygens (including phenoxy) is 1. The molecule has 162 valence electrons. The molecule has 1 aliphatic carbocycles. The first-order valence-electron chi connectivity index (χ1n) is 10.3. The molecule has 1 aromatic heterocycles. The zero-order chi connectivity index (χ0) is 21.7. The lowest BCUT2D eigenvalue weighted by Crippen LogP contribution is -2.44. The summed E-state index contributed by atoms with van der Waals surface area (Å²) >= 11 is 0. The summed E-state index contributed by atoms with van der Waals surface area (Å²) in [6.07, 6.45) is 4.85. The van der Waals surface area contributed by atoms with Gasteiger partial charge in [0.1, 0.15) is 11.4 Å². The highest BCUT2D eigenvalue weighted by Crippen LogP contribution is 2.20. The van der Waals surface area contributed by atoms with E-state index in [0.29, 0.717) is 24.3 Å². The minimum Gasteiger partial charge on any atom is -0.497 e. The number of aromatic nitrogens is 2. The van der Waals surface area contributed by atoms with Gasteiger partial charge in [0.05, 0.1) is 18.6 Å². The summed E-state index contributed by atoms with van der Waals surface area (Å²) in [5.41, 5.74) is -1.07. The minimum absolute atomic E-state index is 0.0391. The lowest BCUT2D eigenvalue weighted by atomic mass is 10.2. The van der Waals surface area contributed by atoms with E-state index in [-0.39, 0.29) is 24.8 Å². The standard InChI is InChI=1S/C21H28N4O5/c1-3-12-23-18(13-22-16-6-4-5-7-16)19(25(28)29)20(26)24(21(23)27)14-15-8-10-17(30-2)11-9-15/h8-11,16,22H,3-7,12-14H2,1-2H3. The zero-order valence-corrected chi connectivity index (χ0v) is 17.4. The van der Waals surface area contributed by atoms with Crippen molar-refractivity contribution >= 4 is 5.69 Å². The smallest absolute Gasteiger partial charge is 0.354 e. The molecule has 0 radical (unpaired) electrons. The quantitative estimate of drug-likeness (QED) is 0.497. The highest BCUT2D eigenvalue weighted by Gasteiger charge is 2.28. The molecular weight excluding hydrogens is 388 g/mol. The second-order valence-corrected chi connectivity index (χ2v) is 7.59. The monoisotopic (exact) mass is 416 g/mol. The first-order chi connectivity index (χ1) is 14.5. The number of nitro groups is 1. The van der Waals surface area contributed by atoms with Gasteiger partial charge in [0.25, 0.3) is 0 Å². The minimum atomic E-state index is -0.864. The Labute approximate surface area is 174 Å². The molecule has 1 aliphatic rings. The van der Waals surface area contributed by atoms with Crippen LogP contribution in [-0.2, 0) is 19.6 Å². The highest BCUT2D eigenvalue weighted by molar-refractivity contribution is 5.34. The molecule has 1 heterocycles. The largest absolute Gasteiger partial charge is 0.497 e. The Balaban J connectivity index is 2.05. The second kappa shape index (κ2) is 9.71. The molecule has 2 aromatic rings. The molecule has 1 N–H and O–H groups in total. The van der Waals surface area contributed by atoms with Crippen LogP contribution >= 0.6 is 0 Å². The van der Waals surface area contributed by atoms with Gasteiger partial charge in [0.15, 0.2) is 0 Å². The Bertz CT molecular complexity index is 1000. The molecule has 0 aliphatic heterocycles. The number of hydrogen-bond acceptors (Lipinski definition) is 6. The van der Waals surface area contributed by atoms with Crippen LogP contribution in [0.2, 0.25) is 0 Å². The van der Waals surface area contributed by atoms with E-state index in [0.717, 1.165) is 30.3 Å². The molecule has 9 heteroatoms. The molecule has 1 saturated carbocycles. The van der Waals surface area contributed by atoms with Crippen LogP contribution in [0, 0.1) is 10.1 Å². The van der Waals surface area contributed by atoms with Gasteiger partial charge in [0, 0.05) is 19.1 Å². The molecule has 0 unspecified atom stereocenters. The summed E-state index contributed by atoms with van der Waals surface area (Å²) in [4.78, 5) is 37.3. The van der Waals surface area contributed by atoms with Crippen molar-refractivity contribution in [2.45, 2.75) is 64.7 Å². The van der Waals surface area contributed by atoms with Crippen molar-refractivity contribution in [1.82, 2.24) is 14.5 Å². The highest BCUT2D eigenvalue weighted by atomic mass is 16.6. The van der Waals surface area contributed by atoms with E-state index in [2.05, 4.69) is 5.32 Å². The predicted octanol–water partition coefficient (Wildman–Crippen LogP) is 2.42. The molecule has 0 spiro atoms. The molecular formula is C21H28N4O5. The van der Waals surface area contributed by atoms with Gasteiger partial charge in [-0.15, -0.1) is 0 Å². The number of hydrogen-bond donors (Lipinski definition) is 1. The fourth-order valence-electron chi connectivity index (χ4n) is 3.97. The van der Waals surface area contributed by atoms with Gasteiger partial charge in [-0.05, 0) is 37.0 Å². The summed E-state index contributed by atoms with van der Waals surface area (Å²) < 4.78 is 7.46. The van der Waals surface area contributed by atoms with E-state index < -0.39 is 21.9 Å². The summed E-state index contributed by atoms with van der Waals surface area (Å²) in [7, 11) is 1.55. The number of nitrogens with zero attached hydrogens (tertiary/aromatic N) is 3. The molecule has 30 heavy (non-hydrogen) atoms.